The fraction of sp³-hybridized carbons (Fsp3) is 0.481. The Kier molecular flexibility index (Phi) is 7.37. The summed E-state index contributed by atoms with van der Waals surface area (Å²) in [6, 6.07) is 13.2. The van der Waals surface area contributed by atoms with E-state index >= 15 is 0 Å². The lowest BCUT2D eigenvalue weighted by Gasteiger charge is -2.45. The maximum Gasteiger partial charge on any atom is 0.410 e. The van der Waals surface area contributed by atoms with Crippen LogP contribution in [0.1, 0.15) is 56.8 Å². The van der Waals surface area contributed by atoms with Gasteiger partial charge in [-0.05, 0) is 75.4 Å². The van der Waals surface area contributed by atoms with Gasteiger partial charge in [-0.25, -0.2) is 4.79 Å². The minimum absolute atomic E-state index is 0.0447. The van der Waals surface area contributed by atoms with Gasteiger partial charge < -0.3 is 15.0 Å². The predicted octanol–water partition coefficient (Wildman–Crippen LogP) is 5.57. The van der Waals surface area contributed by atoms with Gasteiger partial charge in [-0.3, -0.25) is 9.69 Å². The molecular weight excluding hydrogens is 485 g/mol. The number of nitrogens with zero attached hydrogens (tertiary/aromatic N) is 2. The van der Waals surface area contributed by atoms with Crippen LogP contribution in [0, 0.1) is 0 Å². The second-order valence-electron chi connectivity index (χ2n) is 10.4. The number of aryl methyl sites for hydroxylation is 1. The molecule has 1 aliphatic carbocycles. The Balaban J connectivity index is 1.57. The van der Waals surface area contributed by atoms with E-state index in [9.17, 15) is 9.59 Å². The van der Waals surface area contributed by atoms with Crippen molar-refractivity contribution < 1.29 is 14.3 Å². The third kappa shape index (κ3) is 5.45. The second-order valence-corrected chi connectivity index (χ2v) is 11.2. The lowest BCUT2D eigenvalue weighted by atomic mass is 9.87. The third-order valence-corrected chi connectivity index (χ3v) is 7.23. The first-order valence-corrected chi connectivity index (χ1v) is 12.8. The van der Waals surface area contributed by atoms with Crippen LogP contribution < -0.4 is 5.32 Å². The lowest BCUT2D eigenvalue weighted by molar-refractivity contribution is -0.136. The van der Waals surface area contributed by atoms with E-state index in [1.165, 1.54) is 5.56 Å². The molecule has 188 valence electrons. The van der Waals surface area contributed by atoms with Gasteiger partial charge >= 0.3 is 6.09 Å². The Morgan fingerprint density at radius 3 is 2.29 bits per heavy atom. The van der Waals surface area contributed by atoms with Crippen molar-refractivity contribution in [3.63, 3.8) is 0 Å². The van der Waals surface area contributed by atoms with E-state index in [4.69, 9.17) is 27.9 Å². The highest BCUT2D eigenvalue weighted by atomic mass is 35.5. The van der Waals surface area contributed by atoms with Crippen molar-refractivity contribution in [2.24, 2.45) is 0 Å². The molecular formula is C27H33Cl2N3O3. The molecule has 6 nitrogen and oxygen atoms in total. The van der Waals surface area contributed by atoms with Crippen LogP contribution in [-0.4, -0.2) is 53.6 Å². The van der Waals surface area contributed by atoms with Gasteiger partial charge in [-0.2, -0.15) is 0 Å². The van der Waals surface area contributed by atoms with Crippen LogP contribution in [0.3, 0.4) is 0 Å². The van der Waals surface area contributed by atoms with Crippen molar-refractivity contribution in [2.75, 3.05) is 26.2 Å². The fourth-order valence-electron chi connectivity index (χ4n) is 5.12. The summed E-state index contributed by atoms with van der Waals surface area (Å²) in [7, 11) is 0. The molecule has 0 spiro atoms. The maximum atomic E-state index is 14.1. The predicted molar refractivity (Wildman–Crippen MR) is 139 cm³/mol. The molecule has 35 heavy (non-hydrogen) atoms. The van der Waals surface area contributed by atoms with Crippen LogP contribution in [0.25, 0.3) is 0 Å². The average molecular weight is 518 g/mol. The molecule has 2 amide bonds. The summed E-state index contributed by atoms with van der Waals surface area (Å²) in [5.41, 5.74) is 1.74. The number of amides is 2. The molecule has 1 unspecified atom stereocenters. The number of halogens is 2. The van der Waals surface area contributed by atoms with E-state index < -0.39 is 11.1 Å². The smallest absolute Gasteiger partial charge is 0.410 e. The van der Waals surface area contributed by atoms with Crippen LogP contribution in [0.2, 0.25) is 10.0 Å². The van der Waals surface area contributed by atoms with Crippen LogP contribution in [-0.2, 0) is 21.5 Å². The molecule has 2 aromatic rings. The van der Waals surface area contributed by atoms with Gasteiger partial charge in [0.05, 0.1) is 6.04 Å². The van der Waals surface area contributed by atoms with Crippen LogP contribution >= 0.6 is 23.2 Å². The largest absolute Gasteiger partial charge is 0.444 e. The van der Waals surface area contributed by atoms with Crippen LogP contribution in [0.4, 0.5) is 4.79 Å². The van der Waals surface area contributed by atoms with Crippen molar-refractivity contribution in [1.82, 2.24) is 15.1 Å². The number of hydrogen-bond acceptors (Lipinski definition) is 4. The minimum atomic E-state index is -0.798. The molecule has 2 aliphatic rings. The van der Waals surface area contributed by atoms with Crippen molar-refractivity contribution in [3.05, 3.63) is 69.2 Å². The van der Waals surface area contributed by atoms with Gasteiger partial charge in [0.2, 0.25) is 5.91 Å². The standard InChI is InChI=1S/C27H33Cl2N3O3/c1-18(20-15-21(28)17-22(29)16-20)30-24(33)27(10-9-19-7-5-6-8-23(19)27)32-13-11-31(12-14-32)25(34)35-26(2,3)4/h5-8,15-18H,9-14H2,1-4H3,(H,30,33)/t18?,27-/m1/s1. The van der Waals surface area contributed by atoms with Crippen molar-refractivity contribution >= 4 is 35.2 Å². The monoisotopic (exact) mass is 517 g/mol. The van der Waals surface area contributed by atoms with E-state index in [1.807, 2.05) is 52.0 Å². The Morgan fingerprint density at radius 1 is 1.03 bits per heavy atom. The number of piperazine rings is 1. The summed E-state index contributed by atoms with van der Waals surface area (Å²) in [5, 5.41) is 4.30. The summed E-state index contributed by atoms with van der Waals surface area (Å²) in [4.78, 5) is 30.6. The zero-order chi connectivity index (χ0) is 25.4. The molecule has 1 heterocycles. The normalized spacial score (nSPS) is 21.4. The fourth-order valence-corrected chi connectivity index (χ4v) is 5.66. The molecule has 1 N–H and O–H groups in total. The molecule has 1 saturated heterocycles. The van der Waals surface area contributed by atoms with E-state index in [-0.39, 0.29) is 18.0 Å². The SMILES string of the molecule is CC(NC(=O)[C@@]1(N2CCN(C(=O)OC(C)(C)C)CC2)CCc2ccccc21)c1cc(Cl)cc(Cl)c1. The highest BCUT2D eigenvalue weighted by Gasteiger charge is 2.51. The van der Waals surface area contributed by atoms with Crippen molar-refractivity contribution in [1.29, 1.82) is 0 Å². The number of carbonyl (C=O) groups excluding carboxylic acids is 2. The van der Waals surface area contributed by atoms with E-state index in [1.54, 1.807) is 11.0 Å². The van der Waals surface area contributed by atoms with E-state index in [0.717, 1.165) is 17.5 Å². The molecule has 8 heteroatoms. The molecule has 4 rings (SSSR count). The molecule has 1 aliphatic heterocycles. The first kappa shape index (κ1) is 25.8. The van der Waals surface area contributed by atoms with Crippen molar-refractivity contribution in [2.45, 2.75) is 57.7 Å². The highest BCUT2D eigenvalue weighted by Crippen LogP contribution is 2.43. The van der Waals surface area contributed by atoms with Gasteiger partial charge in [0.1, 0.15) is 11.1 Å². The number of carbonyl (C=O) groups is 2. The molecule has 1 fully saturated rings. The molecule has 0 bridgehead atoms. The van der Waals surface area contributed by atoms with Crippen LogP contribution in [0.5, 0.6) is 0 Å². The summed E-state index contributed by atoms with van der Waals surface area (Å²) >= 11 is 12.4. The summed E-state index contributed by atoms with van der Waals surface area (Å²) in [5.74, 6) is -0.0447. The molecule has 2 atom stereocenters. The van der Waals surface area contributed by atoms with E-state index in [2.05, 4.69) is 22.3 Å². The minimum Gasteiger partial charge on any atom is -0.444 e. The number of nitrogens with one attached hydrogen (secondary N) is 1. The van der Waals surface area contributed by atoms with Gasteiger partial charge in [0.15, 0.2) is 0 Å². The summed E-state index contributed by atoms with van der Waals surface area (Å²) in [6.07, 6.45) is 1.20. The molecule has 0 saturated carbocycles. The zero-order valence-corrected chi connectivity index (χ0v) is 22.2. The Hall–Kier alpha value is -2.28. The first-order valence-electron chi connectivity index (χ1n) is 12.1. The molecule has 0 radical (unpaired) electrons. The van der Waals surface area contributed by atoms with Crippen LogP contribution in [0.15, 0.2) is 42.5 Å². The number of ether oxygens (including phenoxy) is 1. The zero-order valence-electron chi connectivity index (χ0n) is 20.7. The Labute approximate surface area is 217 Å². The first-order chi connectivity index (χ1) is 16.5. The summed E-state index contributed by atoms with van der Waals surface area (Å²) in [6.45, 7) is 9.71. The van der Waals surface area contributed by atoms with Gasteiger partial charge in [0, 0.05) is 36.2 Å². The third-order valence-electron chi connectivity index (χ3n) is 6.80. The Morgan fingerprint density at radius 2 is 1.66 bits per heavy atom. The van der Waals surface area contributed by atoms with Gasteiger partial charge in [-0.15, -0.1) is 0 Å². The number of benzene rings is 2. The van der Waals surface area contributed by atoms with Gasteiger partial charge in [-0.1, -0.05) is 47.5 Å². The van der Waals surface area contributed by atoms with E-state index in [0.29, 0.717) is 42.6 Å². The number of fused-ring (bicyclic) bond motifs is 1. The highest BCUT2D eigenvalue weighted by molar-refractivity contribution is 6.34. The Bertz CT molecular complexity index is 1090. The van der Waals surface area contributed by atoms with Crippen molar-refractivity contribution in [3.8, 4) is 0 Å². The quantitative estimate of drug-likeness (QED) is 0.576. The molecule has 2 aromatic carbocycles. The molecule has 0 aromatic heterocycles. The number of rotatable bonds is 4. The average Bonchev–Trinajstić information content (AvgIpc) is 3.18. The van der Waals surface area contributed by atoms with Gasteiger partial charge in [0.25, 0.3) is 0 Å². The maximum absolute atomic E-state index is 14.1. The summed E-state index contributed by atoms with van der Waals surface area (Å²) < 4.78 is 5.56. The second kappa shape index (κ2) is 10.00. The lowest BCUT2D eigenvalue weighted by Crippen LogP contribution is -2.61. The topological polar surface area (TPSA) is 61.9 Å². The number of hydrogen-bond donors (Lipinski definition) is 1.